The molecule has 3 nitrogen and oxygen atoms in total. The molecule has 0 bridgehead atoms. The van der Waals surface area contributed by atoms with Crippen LogP contribution in [0.3, 0.4) is 0 Å². The lowest BCUT2D eigenvalue weighted by Gasteiger charge is -2.33. The Kier molecular flexibility index (Phi) is 4.62. The van der Waals surface area contributed by atoms with Crippen LogP contribution in [0.4, 0.5) is 0 Å². The summed E-state index contributed by atoms with van der Waals surface area (Å²) < 4.78 is 0. The first kappa shape index (κ1) is 12.3. The zero-order valence-corrected chi connectivity index (χ0v) is 10.9. The molecule has 0 aromatic heterocycles. The van der Waals surface area contributed by atoms with E-state index in [9.17, 15) is 0 Å². The van der Waals surface area contributed by atoms with Gasteiger partial charge in [0.2, 0.25) is 0 Å². The molecule has 0 aromatic carbocycles. The Bertz CT molecular complexity index is 201. The minimum Gasteiger partial charge on any atom is -0.313 e. The van der Waals surface area contributed by atoms with Crippen LogP contribution >= 0.6 is 0 Å². The lowest BCUT2D eigenvalue weighted by Crippen LogP contribution is -2.47. The van der Waals surface area contributed by atoms with Gasteiger partial charge in [-0.05, 0) is 45.9 Å². The third kappa shape index (κ3) is 3.19. The summed E-state index contributed by atoms with van der Waals surface area (Å²) in [4.78, 5) is 5.15. The number of likely N-dealkylation sites (N-methyl/N-ethyl adjacent to an activating group) is 2. The Balaban J connectivity index is 1.80. The van der Waals surface area contributed by atoms with Crippen LogP contribution in [0.2, 0.25) is 0 Å². The number of likely N-dealkylation sites (tertiary alicyclic amines) is 1. The highest BCUT2D eigenvalue weighted by atomic mass is 15.2. The van der Waals surface area contributed by atoms with E-state index in [0.29, 0.717) is 0 Å². The lowest BCUT2D eigenvalue weighted by atomic mass is 10.0. The van der Waals surface area contributed by atoms with E-state index >= 15 is 0 Å². The van der Waals surface area contributed by atoms with Gasteiger partial charge >= 0.3 is 0 Å². The van der Waals surface area contributed by atoms with Crippen LogP contribution in [0, 0.1) is 0 Å². The third-order valence-electron chi connectivity index (χ3n) is 4.16. The van der Waals surface area contributed by atoms with Crippen molar-refractivity contribution in [2.45, 2.75) is 44.7 Å². The van der Waals surface area contributed by atoms with Crippen LogP contribution in [-0.4, -0.2) is 61.7 Å². The number of piperidine rings is 1. The fourth-order valence-electron chi connectivity index (χ4n) is 3.11. The Morgan fingerprint density at radius 3 is 2.75 bits per heavy atom. The van der Waals surface area contributed by atoms with Gasteiger partial charge in [0.15, 0.2) is 0 Å². The van der Waals surface area contributed by atoms with Crippen molar-refractivity contribution in [3.05, 3.63) is 0 Å². The van der Waals surface area contributed by atoms with Crippen molar-refractivity contribution in [2.24, 2.45) is 0 Å². The summed E-state index contributed by atoms with van der Waals surface area (Å²) in [6.07, 6.45) is 5.52. The van der Waals surface area contributed by atoms with E-state index < -0.39 is 0 Å². The van der Waals surface area contributed by atoms with Crippen LogP contribution in [0.15, 0.2) is 0 Å². The molecule has 2 heterocycles. The van der Waals surface area contributed by atoms with Crippen molar-refractivity contribution in [3.63, 3.8) is 0 Å². The molecule has 0 amide bonds. The van der Waals surface area contributed by atoms with Gasteiger partial charge in [-0.15, -0.1) is 0 Å². The van der Waals surface area contributed by atoms with Crippen molar-refractivity contribution >= 4 is 0 Å². The van der Waals surface area contributed by atoms with Crippen LogP contribution < -0.4 is 5.32 Å². The molecule has 2 fully saturated rings. The van der Waals surface area contributed by atoms with E-state index in [1.807, 2.05) is 0 Å². The van der Waals surface area contributed by atoms with Crippen molar-refractivity contribution in [3.8, 4) is 0 Å². The summed E-state index contributed by atoms with van der Waals surface area (Å²) in [5, 5.41) is 3.66. The van der Waals surface area contributed by atoms with E-state index in [1.165, 1.54) is 58.4 Å². The molecule has 2 atom stereocenters. The minimum atomic E-state index is 0.750. The Morgan fingerprint density at radius 1 is 1.31 bits per heavy atom. The van der Waals surface area contributed by atoms with Gasteiger partial charge in [-0.3, -0.25) is 4.90 Å². The van der Waals surface area contributed by atoms with Crippen molar-refractivity contribution < 1.29 is 0 Å². The molecule has 0 spiro atoms. The van der Waals surface area contributed by atoms with Crippen LogP contribution in [0.25, 0.3) is 0 Å². The first-order chi connectivity index (χ1) is 7.79. The van der Waals surface area contributed by atoms with E-state index in [-0.39, 0.29) is 0 Å². The van der Waals surface area contributed by atoms with Gasteiger partial charge in [0.1, 0.15) is 0 Å². The summed E-state index contributed by atoms with van der Waals surface area (Å²) in [5.74, 6) is 0. The van der Waals surface area contributed by atoms with E-state index in [1.54, 1.807) is 0 Å². The van der Waals surface area contributed by atoms with Crippen molar-refractivity contribution in [1.82, 2.24) is 15.1 Å². The zero-order chi connectivity index (χ0) is 11.4. The van der Waals surface area contributed by atoms with Gasteiger partial charge in [0.05, 0.1) is 0 Å². The SMILES string of the molecule is CCN(CC1CCCCN1)C1CCN(C)C1. The molecule has 2 rings (SSSR count). The maximum atomic E-state index is 3.66. The second-order valence-corrected chi connectivity index (χ2v) is 5.44. The molecule has 2 aliphatic rings. The summed E-state index contributed by atoms with van der Waals surface area (Å²) >= 11 is 0. The van der Waals surface area contributed by atoms with E-state index in [0.717, 1.165) is 12.1 Å². The number of hydrogen-bond acceptors (Lipinski definition) is 3. The zero-order valence-electron chi connectivity index (χ0n) is 10.9. The molecular weight excluding hydrogens is 198 g/mol. The summed E-state index contributed by atoms with van der Waals surface area (Å²) in [7, 11) is 2.24. The molecule has 0 saturated carbocycles. The van der Waals surface area contributed by atoms with Crippen LogP contribution in [0.5, 0.6) is 0 Å². The van der Waals surface area contributed by atoms with Crippen LogP contribution in [-0.2, 0) is 0 Å². The Labute approximate surface area is 100 Å². The van der Waals surface area contributed by atoms with Gasteiger partial charge in [-0.2, -0.15) is 0 Å². The van der Waals surface area contributed by atoms with Crippen molar-refractivity contribution in [1.29, 1.82) is 0 Å². The molecule has 1 N–H and O–H groups in total. The monoisotopic (exact) mass is 225 g/mol. The molecule has 2 unspecified atom stereocenters. The number of nitrogens with one attached hydrogen (secondary N) is 1. The first-order valence-electron chi connectivity index (χ1n) is 6.95. The number of nitrogens with zero attached hydrogens (tertiary/aromatic N) is 2. The molecule has 2 saturated heterocycles. The normalized spacial score (nSPS) is 32.4. The van der Waals surface area contributed by atoms with Crippen LogP contribution in [0.1, 0.15) is 32.6 Å². The van der Waals surface area contributed by atoms with Gasteiger partial charge < -0.3 is 10.2 Å². The van der Waals surface area contributed by atoms with Gasteiger partial charge in [-0.25, -0.2) is 0 Å². The molecule has 2 aliphatic heterocycles. The number of rotatable bonds is 4. The predicted octanol–water partition coefficient (Wildman–Crippen LogP) is 1.15. The molecular formula is C13H27N3. The smallest absolute Gasteiger partial charge is 0.0235 e. The highest BCUT2D eigenvalue weighted by Crippen LogP contribution is 2.16. The largest absolute Gasteiger partial charge is 0.313 e. The fraction of sp³-hybridized carbons (Fsp3) is 1.00. The Morgan fingerprint density at radius 2 is 2.19 bits per heavy atom. The van der Waals surface area contributed by atoms with Gasteiger partial charge in [0, 0.05) is 25.2 Å². The molecule has 3 heteroatoms. The van der Waals surface area contributed by atoms with Crippen molar-refractivity contribution in [2.75, 3.05) is 39.8 Å². The molecule has 94 valence electrons. The van der Waals surface area contributed by atoms with E-state index in [2.05, 4.69) is 29.1 Å². The average molecular weight is 225 g/mol. The van der Waals surface area contributed by atoms with Gasteiger partial charge in [-0.1, -0.05) is 13.3 Å². The predicted molar refractivity (Wildman–Crippen MR) is 68.8 cm³/mol. The second-order valence-electron chi connectivity index (χ2n) is 5.44. The first-order valence-corrected chi connectivity index (χ1v) is 6.95. The lowest BCUT2D eigenvalue weighted by molar-refractivity contribution is 0.175. The summed E-state index contributed by atoms with van der Waals surface area (Å²) in [6, 6.07) is 1.55. The molecule has 0 radical (unpaired) electrons. The fourth-order valence-corrected chi connectivity index (χ4v) is 3.11. The molecule has 0 aromatic rings. The highest BCUT2D eigenvalue weighted by molar-refractivity contribution is 4.85. The summed E-state index contributed by atoms with van der Waals surface area (Å²) in [5.41, 5.74) is 0. The van der Waals surface area contributed by atoms with E-state index in [4.69, 9.17) is 0 Å². The Hall–Kier alpha value is -0.120. The minimum absolute atomic E-state index is 0.750. The number of hydrogen-bond donors (Lipinski definition) is 1. The second kappa shape index (κ2) is 5.99. The average Bonchev–Trinajstić information content (AvgIpc) is 2.74. The maximum absolute atomic E-state index is 3.66. The quantitative estimate of drug-likeness (QED) is 0.774. The molecule has 16 heavy (non-hydrogen) atoms. The third-order valence-corrected chi connectivity index (χ3v) is 4.16. The summed E-state index contributed by atoms with van der Waals surface area (Å²) in [6.45, 7) is 8.54. The topological polar surface area (TPSA) is 18.5 Å². The standard InChI is InChI=1S/C13H27N3/c1-3-16(13-7-9-15(2)11-13)10-12-6-4-5-8-14-12/h12-14H,3-11H2,1-2H3. The highest BCUT2D eigenvalue weighted by Gasteiger charge is 2.26. The van der Waals surface area contributed by atoms with Gasteiger partial charge in [0.25, 0.3) is 0 Å². The molecule has 0 aliphatic carbocycles. The maximum Gasteiger partial charge on any atom is 0.0235 e.